The van der Waals surface area contributed by atoms with Crippen molar-refractivity contribution >= 4 is 45.5 Å². The van der Waals surface area contributed by atoms with Gasteiger partial charge in [0.1, 0.15) is 10.6 Å². The maximum absolute atomic E-state index is 13.8. The fourth-order valence-corrected chi connectivity index (χ4v) is 2.77. The number of anilines is 3. The van der Waals surface area contributed by atoms with Gasteiger partial charge in [0.15, 0.2) is 22.5 Å². The molecule has 124 valence electrons. The van der Waals surface area contributed by atoms with E-state index in [0.717, 1.165) is 17.4 Å². The lowest BCUT2D eigenvalue weighted by Crippen LogP contribution is -2.12. The van der Waals surface area contributed by atoms with Crippen LogP contribution in [0.1, 0.15) is 9.67 Å². The summed E-state index contributed by atoms with van der Waals surface area (Å²) in [4.78, 5) is 16.5. The molecule has 1 aromatic carbocycles. The Morgan fingerprint density at radius 2 is 2.21 bits per heavy atom. The van der Waals surface area contributed by atoms with Crippen molar-refractivity contribution in [2.75, 3.05) is 10.6 Å². The molecule has 0 saturated carbocycles. The molecule has 0 aliphatic heterocycles. The van der Waals surface area contributed by atoms with Crippen molar-refractivity contribution < 1.29 is 14.3 Å². The largest absolute Gasteiger partial charge is 0.505 e. The van der Waals surface area contributed by atoms with Crippen LogP contribution in [0, 0.1) is 5.82 Å². The molecule has 3 N–H and O–H groups in total. The third-order valence-corrected chi connectivity index (χ3v) is 4.21. The third-order valence-electron chi connectivity index (χ3n) is 2.99. The number of nitrogens with zero attached hydrogens (tertiary/aromatic N) is 3. The van der Waals surface area contributed by atoms with Gasteiger partial charge in [-0.2, -0.15) is 5.10 Å². The summed E-state index contributed by atoms with van der Waals surface area (Å²) in [6.07, 6.45) is 3.11. The van der Waals surface area contributed by atoms with E-state index in [2.05, 4.69) is 20.7 Å². The van der Waals surface area contributed by atoms with Gasteiger partial charge in [-0.15, -0.1) is 0 Å². The van der Waals surface area contributed by atoms with Gasteiger partial charge in [0.05, 0.1) is 11.2 Å². The van der Waals surface area contributed by atoms with Gasteiger partial charge in [0.2, 0.25) is 0 Å². The monoisotopic (exact) mass is 367 g/mol. The van der Waals surface area contributed by atoms with Crippen LogP contribution < -0.4 is 10.6 Å². The van der Waals surface area contributed by atoms with E-state index in [4.69, 9.17) is 11.6 Å². The second-order valence-corrected chi connectivity index (χ2v) is 6.18. The maximum atomic E-state index is 13.8. The number of phenolic OH excluding ortho intramolecular Hbond substituents is 1. The van der Waals surface area contributed by atoms with Crippen molar-refractivity contribution in [3.63, 3.8) is 0 Å². The van der Waals surface area contributed by atoms with E-state index in [0.29, 0.717) is 10.9 Å². The molecule has 0 atom stereocenters. The van der Waals surface area contributed by atoms with Gasteiger partial charge in [0, 0.05) is 19.3 Å². The van der Waals surface area contributed by atoms with Crippen LogP contribution in [-0.4, -0.2) is 25.8 Å². The topological polar surface area (TPSA) is 92.1 Å². The Bertz CT molecular complexity index is 910. The molecule has 2 aromatic heterocycles. The molecular formula is C14H11ClFN5O2S. The van der Waals surface area contributed by atoms with Gasteiger partial charge in [-0.1, -0.05) is 22.9 Å². The summed E-state index contributed by atoms with van der Waals surface area (Å²) in [7, 11) is 1.78. The van der Waals surface area contributed by atoms with E-state index in [-0.39, 0.29) is 15.6 Å². The fourth-order valence-electron chi connectivity index (χ4n) is 1.86. The number of phenols is 1. The molecule has 0 saturated heterocycles. The number of aromatic nitrogens is 3. The zero-order valence-corrected chi connectivity index (χ0v) is 13.8. The maximum Gasteiger partial charge on any atom is 0.267 e. The lowest BCUT2D eigenvalue weighted by Gasteiger charge is -2.08. The molecule has 0 radical (unpaired) electrons. The van der Waals surface area contributed by atoms with Crippen LogP contribution in [0.5, 0.6) is 5.75 Å². The number of hydrogen-bond acceptors (Lipinski definition) is 6. The van der Waals surface area contributed by atoms with E-state index in [1.165, 1.54) is 12.3 Å². The van der Waals surface area contributed by atoms with E-state index in [1.54, 1.807) is 24.0 Å². The summed E-state index contributed by atoms with van der Waals surface area (Å²) in [6, 6.07) is 4.15. The second kappa shape index (κ2) is 6.46. The van der Waals surface area contributed by atoms with E-state index in [9.17, 15) is 14.3 Å². The zero-order chi connectivity index (χ0) is 17.3. The zero-order valence-electron chi connectivity index (χ0n) is 12.2. The number of carbonyl (C=O) groups is 1. The van der Waals surface area contributed by atoms with Gasteiger partial charge in [0.25, 0.3) is 5.91 Å². The third kappa shape index (κ3) is 3.31. The SMILES string of the molecule is Cn1ccc(Nc2ncc(C(=O)Nc3c(Cl)ccc(O)c3F)s2)n1. The molecule has 0 fully saturated rings. The smallest absolute Gasteiger partial charge is 0.267 e. The normalized spacial score (nSPS) is 10.6. The highest BCUT2D eigenvalue weighted by Gasteiger charge is 2.17. The van der Waals surface area contributed by atoms with Crippen LogP contribution in [0.2, 0.25) is 5.02 Å². The molecule has 0 unspecified atom stereocenters. The van der Waals surface area contributed by atoms with Crippen LogP contribution in [0.25, 0.3) is 0 Å². The lowest BCUT2D eigenvalue weighted by molar-refractivity contribution is 0.103. The van der Waals surface area contributed by atoms with Crippen molar-refractivity contribution in [1.82, 2.24) is 14.8 Å². The number of aromatic hydroxyl groups is 1. The highest BCUT2D eigenvalue weighted by molar-refractivity contribution is 7.17. The summed E-state index contributed by atoms with van der Waals surface area (Å²) >= 11 is 6.92. The highest BCUT2D eigenvalue weighted by atomic mass is 35.5. The molecule has 0 aliphatic rings. The quantitative estimate of drug-likeness (QED) is 0.657. The number of nitrogens with one attached hydrogen (secondary N) is 2. The van der Waals surface area contributed by atoms with Crippen LogP contribution in [0.4, 0.5) is 21.0 Å². The summed E-state index contributed by atoms with van der Waals surface area (Å²) in [6.45, 7) is 0. The molecule has 0 aliphatic carbocycles. The Labute approximate surface area is 144 Å². The van der Waals surface area contributed by atoms with E-state index >= 15 is 0 Å². The van der Waals surface area contributed by atoms with Gasteiger partial charge in [-0.05, 0) is 12.1 Å². The summed E-state index contributed by atoms with van der Waals surface area (Å²) < 4.78 is 15.5. The predicted octanol–water partition coefficient (Wildman–Crippen LogP) is 3.37. The number of hydrogen-bond donors (Lipinski definition) is 3. The summed E-state index contributed by atoms with van der Waals surface area (Å²) in [5.41, 5.74) is -0.283. The average molecular weight is 368 g/mol. The Morgan fingerprint density at radius 3 is 2.92 bits per heavy atom. The number of halogens is 2. The van der Waals surface area contributed by atoms with Crippen molar-refractivity contribution in [2.24, 2.45) is 7.05 Å². The Morgan fingerprint density at radius 1 is 1.42 bits per heavy atom. The van der Waals surface area contributed by atoms with Crippen molar-refractivity contribution in [3.8, 4) is 5.75 Å². The first-order chi connectivity index (χ1) is 11.4. The number of thiazole rings is 1. The highest BCUT2D eigenvalue weighted by Crippen LogP contribution is 2.32. The Hall–Kier alpha value is -2.65. The molecule has 2 heterocycles. The molecule has 1 amide bonds. The first-order valence-corrected chi connectivity index (χ1v) is 7.84. The number of rotatable bonds is 4. The van der Waals surface area contributed by atoms with Crippen LogP contribution in [-0.2, 0) is 7.05 Å². The Kier molecular flexibility index (Phi) is 4.36. The van der Waals surface area contributed by atoms with Gasteiger partial charge in [-0.25, -0.2) is 9.37 Å². The lowest BCUT2D eigenvalue weighted by atomic mass is 10.2. The molecule has 0 bridgehead atoms. The first-order valence-electron chi connectivity index (χ1n) is 6.65. The first kappa shape index (κ1) is 16.2. The van der Waals surface area contributed by atoms with E-state index in [1.807, 2.05) is 0 Å². The van der Waals surface area contributed by atoms with Crippen molar-refractivity contribution in [3.05, 3.63) is 46.3 Å². The summed E-state index contributed by atoms with van der Waals surface area (Å²) in [5.74, 6) is -1.60. The molecule has 3 rings (SSSR count). The minimum absolute atomic E-state index is 0.0185. The predicted molar refractivity (Wildman–Crippen MR) is 89.6 cm³/mol. The van der Waals surface area contributed by atoms with Crippen LogP contribution in [0.15, 0.2) is 30.6 Å². The van der Waals surface area contributed by atoms with Gasteiger partial charge < -0.3 is 15.7 Å². The van der Waals surface area contributed by atoms with Crippen LogP contribution in [0.3, 0.4) is 0 Å². The second-order valence-electron chi connectivity index (χ2n) is 4.74. The average Bonchev–Trinajstić information content (AvgIpc) is 3.17. The number of aryl methyl sites for hydroxylation is 1. The van der Waals surface area contributed by atoms with Gasteiger partial charge >= 0.3 is 0 Å². The molecule has 24 heavy (non-hydrogen) atoms. The van der Waals surface area contributed by atoms with E-state index < -0.39 is 17.5 Å². The molecule has 3 aromatic rings. The standard InChI is InChI=1S/C14H11ClFN5O2S/c1-21-5-4-10(20-21)18-14-17-6-9(24-14)13(23)19-12-7(15)2-3-8(22)11(12)16/h2-6,22H,1H3,(H,19,23)(H,17,18,20). The van der Waals surface area contributed by atoms with Crippen molar-refractivity contribution in [1.29, 1.82) is 0 Å². The fraction of sp³-hybridized carbons (Fsp3) is 0.0714. The number of benzene rings is 1. The minimum Gasteiger partial charge on any atom is -0.505 e. The molecule has 7 nitrogen and oxygen atoms in total. The molecular weight excluding hydrogens is 357 g/mol. The van der Waals surface area contributed by atoms with Crippen molar-refractivity contribution in [2.45, 2.75) is 0 Å². The number of amides is 1. The van der Waals surface area contributed by atoms with Crippen LogP contribution >= 0.6 is 22.9 Å². The minimum atomic E-state index is -0.993. The number of carbonyl (C=O) groups excluding carboxylic acids is 1. The Balaban J connectivity index is 1.76. The summed E-state index contributed by atoms with van der Waals surface area (Å²) in [5, 5.41) is 19.2. The molecule has 0 spiro atoms. The molecule has 10 heteroatoms. The van der Waals surface area contributed by atoms with Gasteiger partial charge in [-0.3, -0.25) is 9.48 Å².